The first kappa shape index (κ1) is 40.7. The van der Waals surface area contributed by atoms with Crippen LogP contribution in [0.3, 0.4) is 0 Å². The zero-order valence-electron chi connectivity index (χ0n) is 36.8. The molecule has 2 aliphatic carbocycles. The molecule has 7 aromatic rings. The Morgan fingerprint density at radius 3 is 2.20 bits per heavy atom. The molecule has 0 bridgehead atoms. The van der Waals surface area contributed by atoms with Crippen LogP contribution in [0.15, 0.2) is 125 Å². The Morgan fingerprint density at radius 2 is 1.39 bits per heavy atom. The van der Waals surface area contributed by atoms with Crippen LogP contribution < -0.4 is 0 Å². The number of hydrogen-bond donors (Lipinski definition) is 0. The van der Waals surface area contributed by atoms with E-state index in [0.29, 0.717) is 5.92 Å². The van der Waals surface area contributed by atoms with Crippen LogP contribution in [-0.2, 0) is 38.5 Å². The normalized spacial score (nSPS) is 14.2. The summed E-state index contributed by atoms with van der Waals surface area (Å²) in [4.78, 5) is 2.84. The van der Waals surface area contributed by atoms with Gasteiger partial charge in [-0.1, -0.05) is 150 Å². The third kappa shape index (κ3) is 7.64. The van der Waals surface area contributed by atoms with E-state index in [-0.39, 0.29) is 0 Å². The van der Waals surface area contributed by atoms with Gasteiger partial charge >= 0.3 is 0 Å². The zero-order chi connectivity index (χ0) is 41.4. The fourth-order valence-corrected chi connectivity index (χ4v) is 11.0. The molecule has 0 fully saturated rings. The summed E-state index contributed by atoms with van der Waals surface area (Å²) in [5.74, 6) is 0.497. The SMILES string of the molecule is CC.CC.CCc1cc2cc(CC3C=Cc4cc5c(cc4C3)Cc3cc(C)c(C)c(Cc4ccccc4C)c3-5)ccc2cc1-c1ccc(C)c2c1Cc1ccccc1S2. The third-order valence-electron chi connectivity index (χ3n) is 13.0. The molecule has 1 heteroatoms. The summed E-state index contributed by atoms with van der Waals surface area (Å²) in [6.45, 7) is 19.4. The van der Waals surface area contributed by atoms with E-state index in [0.717, 1.165) is 38.5 Å². The van der Waals surface area contributed by atoms with Crippen LogP contribution >= 0.6 is 11.8 Å². The first-order valence-corrected chi connectivity index (χ1v) is 23.1. The molecule has 1 atom stereocenters. The molecule has 1 aliphatic heterocycles. The van der Waals surface area contributed by atoms with Crippen molar-refractivity contribution in [2.75, 3.05) is 0 Å². The molecule has 0 radical (unpaired) electrons. The van der Waals surface area contributed by atoms with Gasteiger partial charge in [0.2, 0.25) is 0 Å². The van der Waals surface area contributed by atoms with Crippen LogP contribution in [0.1, 0.15) is 113 Å². The largest absolute Gasteiger partial charge is 0.0892 e. The highest BCUT2D eigenvalue weighted by molar-refractivity contribution is 7.99. The van der Waals surface area contributed by atoms with Gasteiger partial charge in [0.05, 0.1) is 0 Å². The van der Waals surface area contributed by atoms with Crippen molar-refractivity contribution in [3.8, 4) is 22.3 Å². The Bertz CT molecular complexity index is 2740. The minimum Gasteiger partial charge on any atom is -0.0892 e. The fraction of sp³-hybridized carbons (Fsp3) is 0.276. The van der Waals surface area contributed by atoms with E-state index in [1.54, 1.807) is 0 Å². The van der Waals surface area contributed by atoms with Crippen molar-refractivity contribution < 1.29 is 0 Å². The second-order valence-corrected chi connectivity index (χ2v) is 17.6. The van der Waals surface area contributed by atoms with E-state index in [9.17, 15) is 0 Å². The molecule has 0 nitrogen and oxygen atoms in total. The monoisotopic (exact) mass is 788 g/mol. The van der Waals surface area contributed by atoms with Crippen molar-refractivity contribution >= 4 is 28.6 Å². The topological polar surface area (TPSA) is 0 Å². The van der Waals surface area contributed by atoms with E-state index < -0.39 is 0 Å². The van der Waals surface area contributed by atoms with Crippen LogP contribution in [0.25, 0.3) is 39.1 Å². The fourth-order valence-electron chi connectivity index (χ4n) is 9.85. The standard InChI is InChI=1S/C54H48S.2C2H6/c1-6-38-25-43-23-36(16-18-40(43)29-49(38)47-20-15-33(3)54-51(47)31-42-13-9-10-14-52(42)55-54)22-37-17-19-41-30-50-45(26-44(41)24-37)27-46-21-34(4)35(5)48(53(46)50)28-39-12-8-7-11-32(39)2;2*1-2/h7-21,23,25-26,29-30,37H,6,22,24,27-28,31H2,1-5H3;2*1-2H3. The lowest BCUT2D eigenvalue weighted by atomic mass is 9.82. The number of aryl methyl sites for hydroxylation is 4. The van der Waals surface area contributed by atoms with Gasteiger partial charge in [-0.05, 0) is 195 Å². The minimum atomic E-state index is 0.497. The Labute approximate surface area is 358 Å². The molecule has 0 N–H and O–H groups in total. The average Bonchev–Trinajstić information content (AvgIpc) is 3.61. The van der Waals surface area contributed by atoms with Gasteiger partial charge in [-0.15, -0.1) is 0 Å². The molecule has 0 spiro atoms. The number of benzene rings is 7. The smallest absolute Gasteiger partial charge is 0.0193 e. The first-order valence-electron chi connectivity index (χ1n) is 22.3. The zero-order valence-corrected chi connectivity index (χ0v) is 37.6. The molecular weight excluding hydrogens is 729 g/mol. The maximum Gasteiger partial charge on any atom is 0.0193 e. The molecule has 1 unspecified atom stereocenters. The van der Waals surface area contributed by atoms with Crippen LogP contribution in [0, 0.1) is 33.6 Å². The molecule has 7 aromatic carbocycles. The second kappa shape index (κ2) is 17.2. The van der Waals surface area contributed by atoms with Gasteiger partial charge in [0.25, 0.3) is 0 Å². The summed E-state index contributed by atoms with van der Waals surface area (Å²) in [6.07, 6.45) is 11.1. The first-order chi connectivity index (χ1) is 28.8. The van der Waals surface area contributed by atoms with E-state index in [4.69, 9.17) is 0 Å². The minimum absolute atomic E-state index is 0.497. The number of fused-ring (bicyclic) bond motifs is 7. The van der Waals surface area contributed by atoms with Gasteiger partial charge in [0, 0.05) is 16.2 Å². The number of allylic oxidation sites excluding steroid dienone is 1. The molecule has 1 heterocycles. The predicted octanol–water partition coefficient (Wildman–Crippen LogP) is 16.0. The number of rotatable bonds is 6. The van der Waals surface area contributed by atoms with Crippen molar-refractivity contribution in [3.05, 3.63) is 193 Å². The van der Waals surface area contributed by atoms with Crippen LogP contribution in [0.5, 0.6) is 0 Å². The molecule has 0 saturated carbocycles. The molecule has 59 heavy (non-hydrogen) atoms. The highest BCUT2D eigenvalue weighted by Gasteiger charge is 2.27. The van der Waals surface area contributed by atoms with Crippen molar-refractivity contribution in [2.24, 2.45) is 5.92 Å². The molecule has 10 rings (SSSR count). The maximum atomic E-state index is 2.56. The highest BCUT2D eigenvalue weighted by Crippen LogP contribution is 2.47. The lowest BCUT2D eigenvalue weighted by Gasteiger charge is -2.25. The summed E-state index contributed by atoms with van der Waals surface area (Å²) in [5, 5.41) is 2.70. The van der Waals surface area contributed by atoms with Crippen molar-refractivity contribution in [3.63, 3.8) is 0 Å². The number of hydrogen-bond acceptors (Lipinski definition) is 1. The van der Waals surface area contributed by atoms with Crippen LogP contribution in [-0.4, -0.2) is 0 Å². The molecule has 0 saturated heterocycles. The summed E-state index contributed by atoms with van der Waals surface area (Å²) < 4.78 is 0. The van der Waals surface area contributed by atoms with E-state index in [1.807, 2.05) is 39.5 Å². The van der Waals surface area contributed by atoms with E-state index in [2.05, 4.69) is 156 Å². The molecule has 0 amide bonds. The molecule has 0 aromatic heterocycles. The quantitative estimate of drug-likeness (QED) is 0.162. The Balaban J connectivity index is 0.00000118. The van der Waals surface area contributed by atoms with Crippen LogP contribution in [0.2, 0.25) is 0 Å². The van der Waals surface area contributed by atoms with Gasteiger partial charge in [0.15, 0.2) is 0 Å². The summed E-state index contributed by atoms with van der Waals surface area (Å²) in [7, 11) is 0. The van der Waals surface area contributed by atoms with Gasteiger partial charge < -0.3 is 0 Å². The molecule has 298 valence electrons. The average molecular weight is 789 g/mol. The van der Waals surface area contributed by atoms with Crippen molar-refractivity contribution in [1.82, 2.24) is 0 Å². The lowest BCUT2D eigenvalue weighted by Crippen LogP contribution is -2.10. The van der Waals surface area contributed by atoms with Gasteiger partial charge in [-0.2, -0.15) is 0 Å². The Kier molecular flexibility index (Phi) is 11.9. The molecule has 3 aliphatic rings. The summed E-state index contributed by atoms with van der Waals surface area (Å²) >= 11 is 1.95. The maximum absolute atomic E-state index is 2.56. The predicted molar refractivity (Wildman–Crippen MR) is 258 cm³/mol. The summed E-state index contributed by atoms with van der Waals surface area (Å²) in [6, 6.07) is 42.3. The van der Waals surface area contributed by atoms with Crippen LogP contribution in [0.4, 0.5) is 0 Å². The van der Waals surface area contributed by atoms with Crippen molar-refractivity contribution in [1.29, 1.82) is 0 Å². The Morgan fingerprint density at radius 1 is 0.593 bits per heavy atom. The second-order valence-electron chi connectivity index (χ2n) is 16.5. The molecular formula is C58H60S. The summed E-state index contributed by atoms with van der Waals surface area (Å²) in [5.41, 5.74) is 26.0. The lowest BCUT2D eigenvalue weighted by molar-refractivity contribution is 0.639. The van der Waals surface area contributed by atoms with Gasteiger partial charge in [0.1, 0.15) is 0 Å². The van der Waals surface area contributed by atoms with Crippen molar-refractivity contribution in [2.45, 2.75) is 111 Å². The Hall–Kier alpha value is -5.11. The third-order valence-corrected chi connectivity index (χ3v) is 14.4. The van der Waals surface area contributed by atoms with E-state index >= 15 is 0 Å². The van der Waals surface area contributed by atoms with Gasteiger partial charge in [-0.3, -0.25) is 0 Å². The highest BCUT2D eigenvalue weighted by atomic mass is 32.2. The van der Waals surface area contributed by atoms with Gasteiger partial charge in [-0.25, -0.2) is 0 Å². The van der Waals surface area contributed by atoms with E-state index in [1.165, 1.54) is 121 Å².